The third-order valence-electron chi connectivity index (χ3n) is 5.46. The highest BCUT2D eigenvalue weighted by Crippen LogP contribution is 2.19. The van der Waals surface area contributed by atoms with Crippen LogP contribution in [0.15, 0.2) is 49.1 Å². The van der Waals surface area contributed by atoms with Gasteiger partial charge in [-0.05, 0) is 48.5 Å². The second-order valence-electron chi connectivity index (χ2n) is 7.66. The van der Waals surface area contributed by atoms with E-state index in [9.17, 15) is 4.79 Å². The lowest BCUT2D eigenvalue weighted by molar-refractivity contribution is 0.0746. The zero-order valence-electron chi connectivity index (χ0n) is 17.8. The van der Waals surface area contributed by atoms with Crippen LogP contribution in [0.1, 0.15) is 21.7 Å². The van der Waals surface area contributed by atoms with E-state index in [0.29, 0.717) is 31.7 Å². The van der Waals surface area contributed by atoms with Crippen LogP contribution in [0.25, 0.3) is 11.5 Å². The summed E-state index contributed by atoms with van der Waals surface area (Å²) in [5, 5.41) is 15.7. The number of amides is 1. The molecule has 5 rings (SSSR count). The summed E-state index contributed by atoms with van der Waals surface area (Å²) < 4.78 is 3.35. The molecule has 162 valence electrons. The number of carbonyl (C=O) groups excluding carboxylic acids is 1. The third kappa shape index (κ3) is 3.80. The average molecular weight is 430 g/mol. The first-order valence-corrected chi connectivity index (χ1v) is 10.3. The fourth-order valence-electron chi connectivity index (χ4n) is 3.87. The van der Waals surface area contributed by atoms with Crippen molar-refractivity contribution in [1.82, 2.24) is 44.9 Å². The minimum absolute atomic E-state index is 0.00871. The number of carbonyl (C=O) groups is 1. The van der Waals surface area contributed by atoms with Gasteiger partial charge in [0.1, 0.15) is 18.5 Å². The summed E-state index contributed by atoms with van der Waals surface area (Å²) in [5.74, 6) is 1.56. The summed E-state index contributed by atoms with van der Waals surface area (Å²) in [4.78, 5) is 25.9. The molecule has 1 saturated heterocycles. The van der Waals surface area contributed by atoms with Gasteiger partial charge in [0.25, 0.3) is 5.91 Å². The lowest BCUT2D eigenvalue weighted by Gasteiger charge is -2.35. The number of hydrogen-bond donors (Lipinski definition) is 0. The first-order chi connectivity index (χ1) is 15.6. The van der Waals surface area contributed by atoms with E-state index in [0.717, 1.165) is 28.7 Å². The molecule has 4 heterocycles. The van der Waals surface area contributed by atoms with Crippen molar-refractivity contribution in [3.63, 3.8) is 0 Å². The molecule has 0 saturated carbocycles. The fourth-order valence-corrected chi connectivity index (χ4v) is 3.87. The molecule has 11 nitrogen and oxygen atoms in total. The highest BCUT2D eigenvalue weighted by atomic mass is 16.2. The minimum atomic E-state index is -0.00871. The molecule has 1 aromatic carbocycles. The predicted molar refractivity (Wildman–Crippen MR) is 116 cm³/mol. The van der Waals surface area contributed by atoms with Crippen molar-refractivity contribution in [1.29, 1.82) is 0 Å². The zero-order valence-corrected chi connectivity index (χ0v) is 17.8. The topological polar surface area (TPSA) is 111 Å². The van der Waals surface area contributed by atoms with Crippen LogP contribution in [-0.4, -0.2) is 76.9 Å². The van der Waals surface area contributed by atoms with Crippen LogP contribution < -0.4 is 4.90 Å². The Kier molecular flexibility index (Phi) is 5.06. The summed E-state index contributed by atoms with van der Waals surface area (Å²) in [7, 11) is 0. The highest BCUT2D eigenvalue weighted by Gasteiger charge is 2.23. The summed E-state index contributed by atoms with van der Waals surface area (Å²) in [5.41, 5.74) is 3.32. The van der Waals surface area contributed by atoms with Gasteiger partial charge in [0.05, 0.1) is 11.4 Å². The SMILES string of the molecule is Cc1cc(C)n(-c2cc(N3CCN(C(=O)c4cccc(-n5cnnn5)c4)CC3)ncn2)n1. The van der Waals surface area contributed by atoms with Crippen LogP contribution >= 0.6 is 0 Å². The van der Waals surface area contributed by atoms with E-state index in [2.05, 4.69) is 35.5 Å². The lowest BCUT2D eigenvalue weighted by Crippen LogP contribution is -2.49. The van der Waals surface area contributed by atoms with Crippen molar-refractivity contribution in [3.8, 4) is 11.5 Å². The molecule has 0 aliphatic carbocycles. The van der Waals surface area contributed by atoms with Crippen molar-refractivity contribution in [2.75, 3.05) is 31.1 Å². The molecule has 3 aromatic heterocycles. The smallest absolute Gasteiger partial charge is 0.254 e. The summed E-state index contributed by atoms with van der Waals surface area (Å²) in [6, 6.07) is 11.3. The maximum absolute atomic E-state index is 13.1. The van der Waals surface area contributed by atoms with Crippen molar-refractivity contribution >= 4 is 11.7 Å². The molecular weight excluding hydrogens is 408 g/mol. The average Bonchev–Trinajstić information content (AvgIpc) is 3.48. The maximum Gasteiger partial charge on any atom is 0.254 e. The molecule has 1 aliphatic rings. The van der Waals surface area contributed by atoms with Gasteiger partial charge >= 0.3 is 0 Å². The summed E-state index contributed by atoms with van der Waals surface area (Å²) >= 11 is 0. The van der Waals surface area contributed by atoms with E-state index in [1.54, 1.807) is 12.4 Å². The van der Waals surface area contributed by atoms with Crippen molar-refractivity contribution < 1.29 is 4.79 Å². The second-order valence-corrected chi connectivity index (χ2v) is 7.66. The molecule has 32 heavy (non-hydrogen) atoms. The molecule has 4 aromatic rings. The molecular formula is C21H22N10O. The highest BCUT2D eigenvalue weighted by molar-refractivity contribution is 5.95. The largest absolute Gasteiger partial charge is 0.353 e. The third-order valence-corrected chi connectivity index (χ3v) is 5.46. The maximum atomic E-state index is 13.1. The molecule has 0 bridgehead atoms. The molecule has 1 fully saturated rings. The zero-order chi connectivity index (χ0) is 22.1. The first kappa shape index (κ1) is 19.8. The molecule has 0 atom stereocenters. The Hall–Kier alpha value is -4.15. The molecule has 1 aliphatic heterocycles. The molecule has 11 heteroatoms. The lowest BCUT2D eigenvalue weighted by atomic mass is 10.1. The van der Waals surface area contributed by atoms with E-state index in [1.165, 1.54) is 11.0 Å². The van der Waals surface area contributed by atoms with E-state index in [1.807, 2.05) is 53.8 Å². The Morgan fingerprint density at radius 1 is 0.969 bits per heavy atom. The Morgan fingerprint density at radius 3 is 2.50 bits per heavy atom. The predicted octanol–water partition coefficient (Wildman–Crippen LogP) is 1.22. The quantitative estimate of drug-likeness (QED) is 0.475. The number of tetrazole rings is 1. The first-order valence-electron chi connectivity index (χ1n) is 10.3. The summed E-state index contributed by atoms with van der Waals surface area (Å²) in [6.07, 6.45) is 3.06. The van der Waals surface area contributed by atoms with Gasteiger partial charge in [0, 0.05) is 43.5 Å². The van der Waals surface area contributed by atoms with Gasteiger partial charge < -0.3 is 9.80 Å². The number of benzene rings is 1. The minimum Gasteiger partial charge on any atom is -0.353 e. The van der Waals surface area contributed by atoms with Crippen LogP contribution in [0.4, 0.5) is 5.82 Å². The van der Waals surface area contributed by atoms with Gasteiger partial charge in [-0.3, -0.25) is 4.79 Å². The van der Waals surface area contributed by atoms with Gasteiger partial charge in [0.15, 0.2) is 5.82 Å². The van der Waals surface area contributed by atoms with Gasteiger partial charge in [-0.25, -0.2) is 19.3 Å². The molecule has 0 N–H and O–H groups in total. The van der Waals surface area contributed by atoms with Gasteiger partial charge in [-0.1, -0.05) is 6.07 Å². The van der Waals surface area contributed by atoms with Crippen molar-refractivity contribution in [2.24, 2.45) is 0 Å². The molecule has 0 spiro atoms. The van der Waals surface area contributed by atoms with E-state index < -0.39 is 0 Å². The fraction of sp³-hybridized carbons (Fsp3) is 0.286. The van der Waals surface area contributed by atoms with Crippen LogP contribution in [0.3, 0.4) is 0 Å². The Labute approximate surface area is 184 Å². The number of aryl methyl sites for hydroxylation is 2. The van der Waals surface area contributed by atoms with E-state index >= 15 is 0 Å². The van der Waals surface area contributed by atoms with Crippen LogP contribution in [-0.2, 0) is 0 Å². The molecule has 0 radical (unpaired) electrons. The molecule has 1 amide bonds. The number of nitrogens with zero attached hydrogens (tertiary/aromatic N) is 10. The molecule has 0 unspecified atom stereocenters. The number of anilines is 1. The van der Waals surface area contributed by atoms with Gasteiger partial charge in [0.2, 0.25) is 0 Å². The number of aromatic nitrogens is 8. The van der Waals surface area contributed by atoms with E-state index in [-0.39, 0.29) is 5.91 Å². The summed E-state index contributed by atoms with van der Waals surface area (Å²) in [6.45, 7) is 6.54. The van der Waals surface area contributed by atoms with Gasteiger partial charge in [-0.15, -0.1) is 5.10 Å². The van der Waals surface area contributed by atoms with Gasteiger partial charge in [-0.2, -0.15) is 5.10 Å². The number of rotatable bonds is 4. The standard InChI is InChI=1S/C21H22N10O/c1-15-10-16(2)31(25-15)20-12-19(22-13-23-20)28-6-8-29(9-7-28)21(32)17-4-3-5-18(11-17)30-14-24-26-27-30/h3-5,10-14H,6-9H2,1-2H3. The Balaban J connectivity index is 1.28. The number of piperazine rings is 1. The normalized spacial score (nSPS) is 14.1. The van der Waals surface area contributed by atoms with Crippen LogP contribution in [0, 0.1) is 13.8 Å². The number of hydrogen-bond acceptors (Lipinski definition) is 8. The van der Waals surface area contributed by atoms with Crippen molar-refractivity contribution in [3.05, 3.63) is 66.0 Å². The van der Waals surface area contributed by atoms with Crippen LogP contribution in [0.2, 0.25) is 0 Å². The Morgan fingerprint density at radius 2 is 1.78 bits per heavy atom. The second kappa shape index (κ2) is 8.17. The monoisotopic (exact) mass is 430 g/mol. The van der Waals surface area contributed by atoms with E-state index in [4.69, 9.17) is 0 Å². The van der Waals surface area contributed by atoms with Crippen molar-refractivity contribution in [2.45, 2.75) is 13.8 Å². The van der Waals surface area contributed by atoms with Crippen LogP contribution in [0.5, 0.6) is 0 Å². The Bertz CT molecular complexity index is 1240.